The Morgan fingerprint density at radius 2 is 2.21 bits per heavy atom. The fourth-order valence-corrected chi connectivity index (χ4v) is 1.29. The van der Waals surface area contributed by atoms with Crippen molar-refractivity contribution in [3.8, 4) is 0 Å². The number of hydrogen-bond donors (Lipinski definition) is 4. The molecule has 1 aromatic rings. The SMILES string of the molecule is Nc1ccc(N)c(NC2=NCCN2)c1. The zero-order valence-electron chi connectivity index (χ0n) is 7.75. The minimum atomic E-state index is 0.663. The van der Waals surface area contributed by atoms with Crippen molar-refractivity contribution in [2.45, 2.75) is 0 Å². The molecule has 5 heteroatoms. The maximum atomic E-state index is 5.77. The van der Waals surface area contributed by atoms with Gasteiger partial charge in [0.05, 0.1) is 17.9 Å². The number of rotatable bonds is 1. The molecular weight excluding hydrogens is 178 g/mol. The van der Waals surface area contributed by atoms with Crippen molar-refractivity contribution in [1.29, 1.82) is 0 Å². The van der Waals surface area contributed by atoms with Gasteiger partial charge in [0.25, 0.3) is 0 Å². The number of hydrogen-bond acceptors (Lipinski definition) is 5. The summed E-state index contributed by atoms with van der Waals surface area (Å²) in [5, 5.41) is 6.18. The summed E-state index contributed by atoms with van der Waals surface area (Å²) < 4.78 is 0. The second kappa shape index (κ2) is 3.45. The van der Waals surface area contributed by atoms with E-state index < -0.39 is 0 Å². The number of nitrogens with zero attached hydrogens (tertiary/aromatic N) is 1. The molecule has 0 fully saturated rings. The topological polar surface area (TPSA) is 88.5 Å². The molecule has 0 amide bonds. The van der Waals surface area contributed by atoms with E-state index in [0.717, 1.165) is 24.7 Å². The summed E-state index contributed by atoms with van der Waals surface area (Å²) in [6, 6.07) is 5.33. The van der Waals surface area contributed by atoms with Gasteiger partial charge in [0.15, 0.2) is 5.96 Å². The van der Waals surface area contributed by atoms with Crippen molar-refractivity contribution in [3.05, 3.63) is 18.2 Å². The molecule has 5 nitrogen and oxygen atoms in total. The van der Waals surface area contributed by atoms with Crippen LogP contribution in [-0.2, 0) is 0 Å². The molecule has 2 rings (SSSR count). The Balaban J connectivity index is 2.19. The summed E-state index contributed by atoms with van der Waals surface area (Å²) in [6.07, 6.45) is 0. The fraction of sp³-hybridized carbons (Fsp3) is 0.222. The van der Waals surface area contributed by atoms with E-state index in [0.29, 0.717) is 11.4 Å². The van der Waals surface area contributed by atoms with Gasteiger partial charge >= 0.3 is 0 Å². The maximum absolute atomic E-state index is 5.77. The monoisotopic (exact) mass is 191 g/mol. The largest absolute Gasteiger partial charge is 0.399 e. The molecule has 6 N–H and O–H groups in total. The van der Waals surface area contributed by atoms with Crippen LogP contribution >= 0.6 is 0 Å². The fourth-order valence-electron chi connectivity index (χ4n) is 1.29. The number of nitrogen functional groups attached to an aromatic ring is 2. The maximum Gasteiger partial charge on any atom is 0.195 e. The van der Waals surface area contributed by atoms with Crippen LogP contribution in [-0.4, -0.2) is 19.0 Å². The summed E-state index contributed by atoms with van der Waals surface area (Å²) in [5.41, 5.74) is 13.5. The van der Waals surface area contributed by atoms with E-state index in [1.807, 2.05) is 0 Å². The first-order chi connectivity index (χ1) is 6.75. The van der Waals surface area contributed by atoms with Crippen molar-refractivity contribution in [1.82, 2.24) is 5.32 Å². The zero-order chi connectivity index (χ0) is 9.97. The molecule has 0 aliphatic carbocycles. The molecule has 0 radical (unpaired) electrons. The lowest BCUT2D eigenvalue weighted by molar-refractivity contribution is 0.959. The molecule has 1 aliphatic heterocycles. The van der Waals surface area contributed by atoms with E-state index in [9.17, 15) is 0 Å². The highest BCUT2D eigenvalue weighted by molar-refractivity contribution is 5.97. The average Bonchev–Trinajstić information content (AvgIpc) is 2.64. The predicted molar refractivity (Wildman–Crippen MR) is 59.2 cm³/mol. The van der Waals surface area contributed by atoms with E-state index in [1.165, 1.54) is 0 Å². The van der Waals surface area contributed by atoms with Crippen molar-refractivity contribution in [3.63, 3.8) is 0 Å². The van der Waals surface area contributed by atoms with Crippen LogP contribution in [0.25, 0.3) is 0 Å². The zero-order valence-corrected chi connectivity index (χ0v) is 7.75. The van der Waals surface area contributed by atoms with Gasteiger partial charge in [-0.15, -0.1) is 0 Å². The van der Waals surface area contributed by atoms with E-state index in [-0.39, 0.29) is 0 Å². The van der Waals surface area contributed by atoms with Crippen molar-refractivity contribution >= 4 is 23.0 Å². The molecule has 74 valence electrons. The number of aliphatic imine (C=N–C) groups is 1. The van der Waals surface area contributed by atoms with Gasteiger partial charge in [-0.3, -0.25) is 4.99 Å². The highest BCUT2D eigenvalue weighted by Gasteiger charge is 2.06. The second-order valence-corrected chi connectivity index (χ2v) is 3.13. The summed E-state index contributed by atoms with van der Waals surface area (Å²) in [5.74, 6) is 0.752. The van der Waals surface area contributed by atoms with Crippen LogP contribution in [0.4, 0.5) is 17.1 Å². The molecule has 0 saturated heterocycles. The Labute approximate surface area is 82.2 Å². The second-order valence-electron chi connectivity index (χ2n) is 3.13. The van der Waals surface area contributed by atoms with Gasteiger partial charge in [0, 0.05) is 12.2 Å². The molecule has 0 spiro atoms. The van der Waals surface area contributed by atoms with Gasteiger partial charge in [-0.05, 0) is 18.2 Å². The van der Waals surface area contributed by atoms with Crippen LogP contribution in [0.2, 0.25) is 0 Å². The number of guanidine groups is 1. The third-order valence-corrected chi connectivity index (χ3v) is 2.00. The van der Waals surface area contributed by atoms with Gasteiger partial charge in [0.2, 0.25) is 0 Å². The normalized spacial score (nSPS) is 14.7. The van der Waals surface area contributed by atoms with Gasteiger partial charge < -0.3 is 22.1 Å². The highest BCUT2D eigenvalue weighted by Crippen LogP contribution is 2.21. The Hall–Kier alpha value is -1.91. The number of nitrogens with one attached hydrogen (secondary N) is 2. The lowest BCUT2D eigenvalue weighted by Crippen LogP contribution is -2.26. The van der Waals surface area contributed by atoms with Gasteiger partial charge in [-0.2, -0.15) is 0 Å². The molecule has 0 unspecified atom stereocenters. The third kappa shape index (κ3) is 1.71. The lowest BCUT2D eigenvalue weighted by Gasteiger charge is -2.09. The summed E-state index contributed by atoms with van der Waals surface area (Å²) in [7, 11) is 0. The highest BCUT2D eigenvalue weighted by atomic mass is 15.2. The molecule has 0 bridgehead atoms. The number of anilines is 3. The molecule has 0 atom stereocenters. The van der Waals surface area contributed by atoms with Gasteiger partial charge in [-0.1, -0.05) is 0 Å². The summed E-state index contributed by atoms with van der Waals surface area (Å²) >= 11 is 0. The predicted octanol–water partition coefficient (Wildman–Crippen LogP) is 0.222. The number of nitrogens with two attached hydrogens (primary N) is 2. The summed E-state index contributed by atoms with van der Waals surface area (Å²) in [4.78, 5) is 4.20. The van der Waals surface area contributed by atoms with E-state index in [2.05, 4.69) is 15.6 Å². The van der Waals surface area contributed by atoms with Gasteiger partial charge in [-0.25, -0.2) is 0 Å². The van der Waals surface area contributed by atoms with Gasteiger partial charge in [0.1, 0.15) is 0 Å². The molecular formula is C9H13N5. The van der Waals surface area contributed by atoms with Crippen LogP contribution < -0.4 is 22.1 Å². The smallest absolute Gasteiger partial charge is 0.195 e. The Bertz CT molecular complexity index is 371. The quantitative estimate of drug-likeness (QED) is 0.478. The van der Waals surface area contributed by atoms with Crippen molar-refractivity contribution in [2.75, 3.05) is 29.9 Å². The van der Waals surface area contributed by atoms with Crippen LogP contribution in [0.3, 0.4) is 0 Å². The third-order valence-electron chi connectivity index (χ3n) is 2.00. The van der Waals surface area contributed by atoms with Crippen LogP contribution in [0, 0.1) is 0 Å². The molecule has 1 aliphatic rings. The number of benzene rings is 1. The molecule has 14 heavy (non-hydrogen) atoms. The lowest BCUT2D eigenvalue weighted by atomic mass is 10.2. The Morgan fingerprint density at radius 3 is 2.93 bits per heavy atom. The first-order valence-electron chi connectivity index (χ1n) is 4.46. The minimum absolute atomic E-state index is 0.663. The average molecular weight is 191 g/mol. The molecule has 1 heterocycles. The van der Waals surface area contributed by atoms with Crippen LogP contribution in [0.1, 0.15) is 0 Å². The molecule has 1 aromatic carbocycles. The first-order valence-corrected chi connectivity index (χ1v) is 4.46. The first kappa shape index (κ1) is 8.68. The van der Waals surface area contributed by atoms with Crippen molar-refractivity contribution in [2.24, 2.45) is 4.99 Å². The van der Waals surface area contributed by atoms with Crippen LogP contribution in [0.15, 0.2) is 23.2 Å². The Morgan fingerprint density at radius 1 is 1.36 bits per heavy atom. The molecule has 0 aromatic heterocycles. The summed E-state index contributed by atoms with van der Waals surface area (Å²) in [6.45, 7) is 1.66. The molecule has 0 saturated carbocycles. The van der Waals surface area contributed by atoms with Crippen molar-refractivity contribution < 1.29 is 0 Å². The Kier molecular flexibility index (Phi) is 2.14. The van der Waals surface area contributed by atoms with E-state index in [4.69, 9.17) is 11.5 Å². The van der Waals surface area contributed by atoms with Crippen LogP contribution in [0.5, 0.6) is 0 Å². The van der Waals surface area contributed by atoms with E-state index >= 15 is 0 Å². The standard InChI is InChI=1S/C9H13N5/c10-6-1-2-7(11)8(5-6)14-9-12-3-4-13-9/h1-2,5H,3-4,10-11H2,(H2,12,13,14). The minimum Gasteiger partial charge on any atom is -0.399 e. The van der Waals surface area contributed by atoms with E-state index in [1.54, 1.807) is 18.2 Å².